The van der Waals surface area contributed by atoms with Crippen molar-refractivity contribution in [3.63, 3.8) is 0 Å². The highest BCUT2D eigenvalue weighted by Gasteiger charge is 2.16. The van der Waals surface area contributed by atoms with Crippen molar-refractivity contribution < 1.29 is 19.4 Å². The number of halogens is 1. The molecule has 4 nitrogen and oxygen atoms in total. The third-order valence-corrected chi connectivity index (χ3v) is 2.49. The minimum Gasteiger partial charge on any atom is -0.482 e. The van der Waals surface area contributed by atoms with Crippen LogP contribution >= 0.6 is 11.6 Å². The zero-order chi connectivity index (χ0) is 15.2. The Hall–Kier alpha value is -1.52. The van der Waals surface area contributed by atoms with E-state index in [1.807, 2.05) is 0 Å². The van der Waals surface area contributed by atoms with E-state index in [2.05, 4.69) is 0 Å². The highest BCUT2D eigenvalue weighted by Crippen LogP contribution is 2.23. The van der Waals surface area contributed by atoms with Crippen LogP contribution < -0.4 is 4.74 Å². The van der Waals surface area contributed by atoms with Crippen LogP contribution in [0.15, 0.2) is 24.3 Å². The van der Waals surface area contributed by atoms with E-state index in [4.69, 9.17) is 26.2 Å². The molecule has 1 N–H and O–H groups in total. The standard InChI is InChI=1S/C15H19ClO4/c1-15(2,3)20-14(18)10-19-12-6-7-13(16)11(9-12)5-4-8-17/h4-7,9,17H,8,10H2,1-3H3. The topological polar surface area (TPSA) is 55.8 Å². The van der Waals surface area contributed by atoms with Crippen molar-refractivity contribution in [3.8, 4) is 5.75 Å². The van der Waals surface area contributed by atoms with Gasteiger partial charge in [0, 0.05) is 5.02 Å². The summed E-state index contributed by atoms with van der Waals surface area (Å²) in [5.41, 5.74) is 0.178. The van der Waals surface area contributed by atoms with Crippen molar-refractivity contribution in [3.05, 3.63) is 34.9 Å². The normalized spacial score (nSPS) is 11.7. The molecule has 0 heterocycles. The summed E-state index contributed by atoms with van der Waals surface area (Å²) in [6, 6.07) is 5.03. The fourth-order valence-corrected chi connectivity index (χ4v) is 1.61. The maximum Gasteiger partial charge on any atom is 0.344 e. The first-order chi connectivity index (χ1) is 9.31. The molecule has 0 saturated carbocycles. The van der Waals surface area contributed by atoms with Gasteiger partial charge in [0.05, 0.1) is 6.61 Å². The maximum atomic E-state index is 11.5. The molecule has 0 aliphatic carbocycles. The minimum absolute atomic E-state index is 0.0701. The van der Waals surface area contributed by atoms with Crippen LogP contribution in [0.4, 0.5) is 0 Å². The van der Waals surface area contributed by atoms with Crippen molar-refractivity contribution in [1.82, 2.24) is 0 Å². The first-order valence-electron chi connectivity index (χ1n) is 6.23. The van der Waals surface area contributed by atoms with Crippen LogP contribution in [-0.2, 0) is 9.53 Å². The SMILES string of the molecule is CC(C)(C)OC(=O)COc1ccc(Cl)c(C=CCO)c1. The molecule has 1 aromatic carbocycles. The molecule has 1 aromatic rings. The minimum atomic E-state index is -0.532. The van der Waals surface area contributed by atoms with E-state index in [1.54, 1.807) is 51.1 Å². The quantitative estimate of drug-likeness (QED) is 0.849. The predicted octanol–water partition coefficient (Wildman–Crippen LogP) is 3.07. The summed E-state index contributed by atoms with van der Waals surface area (Å²) in [6.07, 6.45) is 3.25. The van der Waals surface area contributed by atoms with Crippen LogP contribution in [0.1, 0.15) is 26.3 Å². The number of benzene rings is 1. The summed E-state index contributed by atoms with van der Waals surface area (Å²) < 4.78 is 10.5. The Morgan fingerprint density at radius 2 is 2.10 bits per heavy atom. The molecule has 5 heteroatoms. The van der Waals surface area contributed by atoms with Gasteiger partial charge in [-0.2, -0.15) is 0 Å². The van der Waals surface area contributed by atoms with Crippen molar-refractivity contribution in [2.75, 3.05) is 13.2 Å². The molecule has 0 fully saturated rings. The van der Waals surface area contributed by atoms with Crippen LogP contribution in [0.2, 0.25) is 5.02 Å². The summed E-state index contributed by atoms with van der Waals surface area (Å²) >= 11 is 6.00. The Morgan fingerprint density at radius 3 is 2.70 bits per heavy atom. The van der Waals surface area contributed by atoms with Crippen LogP contribution in [0.5, 0.6) is 5.75 Å². The number of rotatable bonds is 5. The third kappa shape index (κ3) is 6.08. The lowest BCUT2D eigenvalue weighted by molar-refractivity contribution is -0.157. The zero-order valence-corrected chi connectivity index (χ0v) is 12.6. The van der Waals surface area contributed by atoms with Gasteiger partial charge in [-0.15, -0.1) is 0 Å². The van der Waals surface area contributed by atoms with E-state index < -0.39 is 11.6 Å². The van der Waals surface area contributed by atoms with E-state index in [0.29, 0.717) is 16.3 Å². The largest absolute Gasteiger partial charge is 0.482 e. The van der Waals surface area contributed by atoms with E-state index in [1.165, 1.54) is 0 Å². The second kappa shape index (κ2) is 7.31. The van der Waals surface area contributed by atoms with Crippen molar-refractivity contribution in [2.24, 2.45) is 0 Å². The average Bonchev–Trinajstić information content (AvgIpc) is 2.34. The van der Waals surface area contributed by atoms with Gasteiger partial charge in [0.25, 0.3) is 0 Å². The first kappa shape index (κ1) is 16.5. The zero-order valence-electron chi connectivity index (χ0n) is 11.9. The third-order valence-electron chi connectivity index (χ3n) is 2.15. The number of aliphatic hydroxyl groups excluding tert-OH is 1. The molecule has 20 heavy (non-hydrogen) atoms. The predicted molar refractivity (Wildman–Crippen MR) is 78.9 cm³/mol. The molecule has 0 radical (unpaired) electrons. The Bertz CT molecular complexity index is 489. The molecule has 110 valence electrons. The van der Waals surface area contributed by atoms with Gasteiger partial charge in [-0.25, -0.2) is 4.79 Å². The lowest BCUT2D eigenvalue weighted by Gasteiger charge is -2.19. The van der Waals surface area contributed by atoms with E-state index in [-0.39, 0.29) is 13.2 Å². The molecule has 0 aromatic heterocycles. The lowest BCUT2D eigenvalue weighted by Crippen LogP contribution is -2.27. The van der Waals surface area contributed by atoms with Gasteiger partial charge < -0.3 is 14.6 Å². The Labute approximate surface area is 124 Å². The average molecular weight is 299 g/mol. The molecule has 0 unspecified atom stereocenters. The molecule has 0 aliphatic rings. The van der Waals surface area contributed by atoms with Crippen LogP contribution in [0.3, 0.4) is 0 Å². The number of hydrogen-bond donors (Lipinski definition) is 1. The highest BCUT2D eigenvalue weighted by molar-refractivity contribution is 6.32. The molecular formula is C15H19ClO4. The fraction of sp³-hybridized carbons (Fsp3) is 0.400. The van der Waals surface area contributed by atoms with E-state index in [0.717, 1.165) is 0 Å². The summed E-state index contributed by atoms with van der Waals surface area (Å²) in [5, 5.41) is 9.29. The Kier molecular flexibility index (Phi) is 6.05. The first-order valence-corrected chi connectivity index (χ1v) is 6.61. The smallest absolute Gasteiger partial charge is 0.344 e. The molecule has 0 aliphatic heterocycles. The summed E-state index contributed by atoms with van der Waals surface area (Å²) in [7, 11) is 0. The second-order valence-electron chi connectivity index (χ2n) is 5.14. The Balaban J connectivity index is 2.65. The summed E-state index contributed by atoms with van der Waals surface area (Å²) in [4.78, 5) is 11.5. The second-order valence-corrected chi connectivity index (χ2v) is 5.55. The van der Waals surface area contributed by atoms with E-state index >= 15 is 0 Å². The van der Waals surface area contributed by atoms with Crippen molar-refractivity contribution >= 4 is 23.6 Å². The maximum absolute atomic E-state index is 11.5. The number of carbonyl (C=O) groups excluding carboxylic acids is 1. The molecule has 0 atom stereocenters. The molecule has 1 rings (SSSR count). The van der Waals surface area contributed by atoms with Crippen LogP contribution in [0, 0.1) is 0 Å². The number of carbonyl (C=O) groups is 1. The molecule has 0 saturated heterocycles. The number of hydrogen-bond acceptors (Lipinski definition) is 4. The van der Waals surface area contributed by atoms with Crippen LogP contribution in [0.25, 0.3) is 6.08 Å². The number of ether oxygens (including phenoxy) is 2. The van der Waals surface area contributed by atoms with Gasteiger partial charge in [0.15, 0.2) is 6.61 Å². The molecule has 0 spiro atoms. The number of esters is 1. The number of aliphatic hydroxyl groups is 1. The molecule has 0 amide bonds. The van der Waals surface area contributed by atoms with Gasteiger partial charge in [0.2, 0.25) is 0 Å². The van der Waals surface area contributed by atoms with Gasteiger partial charge in [-0.05, 0) is 44.5 Å². The summed E-state index contributed by atoms with van der Waals surface area (Å²) in [5.74, 6) is 0.0812. The Morgan fingerprint density at radius 1 is 1.40 bits per heavy atom. The monoisotopic (exact) mass is 298 g/mol. The van der Waals surface area contributed by atoms with Gasteiger partial charge >= 0.3 is 5.97 Å². The fourth-order valence-electron chi connectivity index (χ4n) is 1.43. The van der Waals surface area contributed by atoms with Crippen LogP contribution in [-0.4, -0.2) is 29.9 Å². The molecular weight excluding hydrogens is 280 g/mol. The highest BCUT2D eigenvalue weighted by atomic mass is 35.5. The summed E-state index contributed by atoms with van der Waals surface area (Å²) in [6.45, 7) is 5.16. The van der Waals surface area contributed by atoms with Gasteiger partial charge in [-0.3, -0.25) is 0 Å². The lowest BCUT2D eigenvalue weighted by atomic mass is 10.2. The van der Waals surface area contributed by atoms with Crippen molar-refractivity contribution in [2.45, 2.75) is 26.4 Å². The van der Waals surface area contributed by atoms with Crippen molar-refractivity contribution in [1.29, 1.82) is 0 Å². The van der Waals surface area contributed by atoms with Gasteiger partial charge in [-0.1, -0.05) is 23.8 Å². The molecule has 0 bridgehead atoms. The van der Waals surface area contributed by atoms with E-state index in [9.17, 15) is 4.79 Å². The van der Waals surface area contributed by atoms with Gasteiger partial charge in [0.1, 0.15) is 11.4 Å².